The van der Waals surface area contributed by atoms with Gasteiger partial charge in [0.2, 0.25) is 0 Å². The molecule has 0 aromatic carbocycles. The predicted octanol–water partition coefficient (Wildman–Crippen LogP) is 0.847. The van der Waals surface area contributed by atoms with Crippen LogP contribution in [0.15, 0.2) is 18.6 Å². The number of hydrogen-bond donors (Lipinski definition) is 1. The lowest BCUT2D eigenvalue weighted by molar-refractivity contribution is -0.141. The molecular formula is C8H5F3N4O. The molecule has 0 saturated carbocycles. The van der Waals surface area contributed by atoms with E-state index >= 15 is 0 Å². The molecule has 0 fully saturated rings. The van der Waals surface area contributed by atoms with Crippen molar-refractivity contribution >= 4 is 11.6 Å². The average Bonchev–Trinajstić information content (AvgIpc) is 2.58. The molecule has 16 heavy (non-hydrogen) atoms. The number of primary amides is 1. The normalized spacial score (nSPS) is 11.9. The number of amides is 1. The van der Waals surface area contributed by atoms with Crippen molar-refractivity contribution in [3.05, 3.63) is 30.0 Å². The third kappa shape index (κ3) is 1.58. The maximum absolute atomic E-state index is 12.3. The summed E-state index contributed by atoms with van der Waals surface area (Å²) in [5.41, 5.74) is 3.36. The van der Waals surface area contributed by atoms with Crippen molar-refractivity contribution in [3.63, 3.8) is 0 Å². The summed E-state index contributed by atoms with van der Waals surface area (Å²) in [7, 11) is 0. The number of fused-ring (bicyclic) bond motifs is 1. The molecule has 0 spiro atoms. The Hall–Kier alpha value is -2.12. The Morgan fingerprint density at radius 3 is 2.69 bits per heavy atom. The number of alkyl halides is 3. The number of rotatable bonds is 1. The van der Waals surface area contributed by atoms with Crippen LogP contribution in [-0.4, -0.2) is 20.3 Å². The van der Waals surface area contributed by atoms with Crippen molar-refractivity contribution in [1.29, 1.82) is 0 Å². The van der Waals surface area contributed by atoms with Gasteiger partial charge >= 0.3 is 6.18 Å². The predicted molar refractivity (Wildman–Crippen MR) is 46.5 cm³/mol. The number of nitrogens with two attached hydrogens (primary N) is 1. The Bertz CT molecular complexity index is 560. The van der Waals surface area contributed by atoms with Crippen LogP contribution in [0.4, 0.5) is 13.2 Å². The van der Waals surface area contributed by atoms with Crippen molar-refractivity contribution < 1.29 is 18.0 Å². The molecular weight excluding hydrogens is 225 g/mol. The summed E-state index contributed by atoms with van der Waals surface area (Å²) in [5, 5.41) is 0. The van der Waals surface area contributed by atoms with Gasteiger partial charge in [-0.15, -0.1) is 0 Å². The molecule has 0 bridgehead atoms. The Kier molecular flexibility index (Phi) is 2.07. The molecule has 0 unspecified atom stereocenters. The zero-order chi connectivity index (χ0) is 11.9. The van der Waals surface area contributed by atoms with E-state index in [4.69, 9.17) is 5.73 Å². The topological polar surface area (TPSA) is 73.3 Å². The van der Waals surface area contributed by atoms with Crippen molar-refractivity contribution in [3.8, 4) is 0 Å². The van der Waals surface area contributed by atoms with Gasteiger partial charge in [-0.1, -0.05) is 0 Å². The molecule has 8 heteroatoms. The number of nitrogens with zero attached hydrogens (tertiary/aromatic N) is 3. The van der Waals surface area contributed by atoms with E-state index in [0.29, 0.717) is 0 Å². The van der Waals surface area contributed by atoms with E-state index in [1.54, 1.807) is 0 Å². The van der Waals surface area contributed by atoms with E-state index in [1.165, 1.54) is 10.7 Å². The Morgan fingerprint density at radius 1 is 1.44 bits per heavy atom. The van der Waals surface area contributed by atoms with Crippen LogP contribution in [-0.2, 0) is 6.18 Å². The van der Waals surface area contributed by atoms with E-state index in [9.17, 15) is 18.0 Å². The highest BCUT2D eigenvalue weighted by atomic mass is 19.4. The second kappa shape index (κ2) is 3.19. The first-order valence-electron chi connectivity index (χ1n) is 4.10. The maximum atomic E-state index is 12.3. The van der Waals surface area contributed by atoms with E-state index in [2.05, 4.69) is 9.97 Å². The van der Waals surface area contributed by atoms with E-state index in [-0.39, 0.29) is 11.3 Å². The van der Waals surface area contributed by atoms with Crippen LogP contribution in [0.1, 0.15) is 16.2 Å². The summed E-state index contributed by atoms with van der Waals surface area (Å²) >= 11 is 0. The minimum atomic E-state index is -4.57. The first-order valence-corrected chi connectivity index (χ1v) is 4.10. The fraction of sp³-hybridized carbons (Fsp3) is 0.125. The molecule has 0 radical (unpaired) electrons. The summed E-state index contributed by atoms with van der Waals surface area (Å²) < 4.78 is 38.2. The van der Waals surface area contributed by atoms with Crippen molar-refractivity contribution in [2.75, 3.05) is 0 Å². The lowest BCUT2D eigenvalue weighted by Crippen LogP contribution is -2.14. The van der Waals surface area contributed by atoms with Gasteiger partial charge in [0.05, 0.1) is 0 Å². The van der Waals surface area contributed by atoms with E-state index < -0.39 is 17.8 Å². The summed E-state index contributed by atoms with van der Waals surface area (Å²) in [6, 6.07) is 0.791. The highest BCUT2D eigenvalue weighted by molar-refractivity contribution is 5.96. The molecule has 0 atom stereocenters. The largest absolute Gasteiger partial charge is 0.433 e. The molecule has 2 N–H and O–H groups in total. The highest BCUT2D eigenvalue weighted by Gasteiger charge is 2.33. The summed E-state index contributed by atoms with van der Waals surface area (Å²) in [6.07, 6.45) is -2.28. The molecule has 2 aromatic heterocycles. The number of hydrogen-bond acceptors (Lipinski definition) is 3. The van der Waals surface area contributed by atoms with Crippen LogP contribution in [0, 0.1) is 0 Å². The van der Waals surface area contributed by atoms with Gasteiger partial charge in [-0.25, -0.2) is 9.97 Å². The fourth-order valence-corrected chi connectivity index (χ4v) is 1.21. The molecule has 0 saturated heterocycles. The van der Waals surface area contributed by atoms with Crippen LogP contribution >= 0.6 is 0 Å². The number of carbonyl (C=O) groups is 1. The van der Waals surface area contributed by atoms with Gasteiger partial charge in [0, 0.05) is 6.20 Å². The molecule has 2 heterocycles. The van der Waals surface area contributed by atoms with Gasteiger partial charge in [-0.2, -0.15) is 13.2 Å². The van der Waals surface area contributed by atoms with Gasteiger partial charge in [-0.05, 0) is 6.07 Å². The summed E-state index contributed by atoms with van der Waals surface area (Å²) in [5.74, 6) is -0.922. The Morgan fingerprint density at radius 2 is 2.12 bits per heavy atom. The van der Waals surface area contributed by atoms with Gasteiger partial charge in [0.25, 0.3) is 5.91 Å². The quantitative estimate of drug-likeness (QED) is 0.789. The molecule has 5 nitrogen and oxygen atoms in total. The Balaban J connectivity index is 2.68. The second-order valence-electron chi connectivity index (χ2n) is 3.00. The van der Waals surface area contributed by atoms with Gasteiger partial charge in [0.1, 0.15) is 12.0 Å². The third-order valence-corrected chi connectivity index (χ3v) is 1.91. The SMILES string of the molecule is NC(=O)c1ncn2ccc(C(F)(F)F)nc12. The van der Waals surface area contributed by atoms with E-state index in [0.717, 1.165) is 12.3 Å². The number of halogens is 3. The van der Waals surface area contributed by atoms with Crippen LogP contribution in [0.2, 0.25) is 0 Å². The van der Waals surface area contributed by atoms with Gasteiger partial charge in [0.15, 0.2) is 11.3 Å². The maximum Gasteiger partial charge on any atom is 0.433 e. The lowest BCUT2D eigenvalue weighted by atomic mass is 10.3. The zero-order valence-corrected chi connectivity index (χ0v) is 7.69. The molecule has 2 aromatic rings. The van der Waals surface area contributed by atoms with Crippen molar-refractivity contribution in [1.82, 2.24) is 14.4 Å². The number of carbonyl (C=O) groups excluding carboxylic acids is 1. The van der Waals surface area contributed by atoms with Crippen molar-refractivity contribution in [2.45, 2.75) is 6.18 Å². The number of imidazole rings is 1. The lowest BCUT2D eigenvalue weighted by Gasteiger charge is -2.05. The van der Waals surface area contributed by atoms with Gasteiger partial charge in [-0.3, -0.25) is 9.20 Å². The van der Waals surface area contributed by atoms with Crippen LogP contribution in [0.3, 0.4) is 0 Å². The van der Waals surface area contributed by atoms with E-state index in [1.807, 2.05) is 0 Å². The zero-order valence-electron chi connectivity index (χ0n) is 7.69. The highest BCUT2D eigenvalue weighted by Crippen LogP contribution is 2.27. The fourth-order valence-electron chi connectivity index (χ4n) is 1.21. The second-order valence-corrected chi connectivity index (χ2v) is 3.00. The molecule has 0 aliphatic heterocycles. The van der Waals surface area contributed by atoms with Crippen LogP contribution in [0.5, 0.6) is 0 Å². The minimum Gasteiger partial charge on any atom is -0.364 e. The third-order valence-electron chi connectivity index (χ3n) is 1.91. The molecule has 2 rings (SSSR count). The summed E-state index contributed by atoms with van der Waals surface area (Å²) in [6.45, 7) is 0. The van der Waals surface area contributed by atoms with Crippen LogP contribution in [0.25, 0.3) is 5.65 Å². The molecule has 0 aliphatic carbocycles. The standard InChI is InChI=1S/C8H5F3N4O/c9-8(10,11)4-1-2-15-3-13-5(6(12)16)7(15)14-4/h1-3H,(H2,12,16). The van der Waals surface area contributed by atoms with Crippen LogP contribution < -0.4 is 5.73 Å². The minimum absolute atomic E-state index is 0.206. The number of aromatic nitrogens is 3. The first-order chi connectivity index (χ1) is 7.39. The monoisotopic (exact) mass is 230 g/mol. The average molecular weight is 230 g/mol. The Labute approximate surface area is 86.7 Å². The molecule has 0 aliphatic rings. The van der Waals surface area contributed by atoms with Gasteiger partial charge < -0.3 is 5.73 Å². The molecule has 84 valence electrons. The van der Waals surface area contributed by atoms with Crippen molar-refractivity contribution in [2.24, 2.45) is 5.73 Å². The summed E-state index contributed by atoms with van der Waals surface area (Å²) in [4.78, 5) is 17.7. The smallest absolute Gasteiger partial charge is 0.364 e. The molecule has 1 amide bonds. The first kappa shape index (κ1) is 10.4.